The van der Waals surface area contributed by atoms with Crippen LogP contribution in [0.2, 0.25) is 5.02 Å². The summed E-state index contributed by atoms with van der Waals surface area (Å²) in [6.45, 7) is 0. The van der Waals surface area contributed by atoms with Crippen molar-refractivity contribution >= 4 is 50.4 Å². The molecule has 0 spiro atoms. The highest BCUT2D eigenvalue weighted by atomic mass is 35.5. The molecule has 0 aliphatic carbocycles. The lowest BCUT2D eigenvalue weighted by atomic mass is 10.1. The van der Waals surface area contributed by atoms with Gasteiger partial charge in [0, 0.05) is 22.8 Å². The number of nitrogens with one attached hydrogen (secondary N) is 1. The smallest absolute Gasteiger partial charge is 0.337 e. The van der Waals surface area contributed by atoms with Gasteiger partial charge in [0.1, 0.15) is 5.65 Å². The second-order valence-corrected chi connectivity index (χ2v) is 6.09. The van der Waals surface area contributed by atoms with E-state index in [0.29, 0.717) is 32.4 Å². The highest BCUT2D eigenvalue weighted by molar-refractivity contribution is 6.31. The van der Waals surface area contributed by atoms with Crippen molar-refractivity contribution < 1.29 is 9.53 Å². The van der Waals surface area contributed by atoms with Crippen LogP contribution < -0.4 is 5.43 Å². The van der Waals surface area contributed by atoms with E-state index in [4.69, 9.17) is 16.3 Å². The number of rotatable bonds is 1. The number of pyridine rings is 1. The largest absolute Gasteiger partial charge is 0.465 e. The Morgan fingerprint density at radius 3 is 2.71 bits per heavy atom. The fourth-order valence-corrected chi connectivity index (χ4v) is 3.31. The number of aromatic nitrogens is 2. The first-order chi connectivity index (χ1) is 11.5. The summed E-state index contributed by atoms with van der Waals surface area (Å²) in [4.78, 5) is 28.1. The molecule has 120 valence electrons. The predicted octanol–water partition coefficient (Wildman–Crippen LogP) is 3.61. The summed E-state index contributed by atoms with van der Waals surface area (Å²) in [6.07, 6.45) is 0. The van der Waals surface area contributed by atoms with Crippen LogP contribution in [0.4, 0.5) is 0 Å². The Morgan fingerprint density at radius 2 is 1.96 bits per heavy atom. The van der Waals surface area contributed by atoms with Crippen LogP contribution in [0.25, 0.3) is 32.8 Å². The Labute approximate surface area is 141 Å². The molecule has 24 heavy (non-hydrogen) atoms. The molecule has 0 aliphatic heterocycles. The summed E-state index contributed by atoms with van der Waals surface area (Å²) >= 11 is 6.03. The average Bonchev–Trinajstić information content (AvgIpc) is 2.87. The first kappa shape index (κ1) is 14.8. The van der Waals surface area contributed by atoms with Crippen molar-refractivity contribution in [3.8, 4) is 0 Å². The quantitative estimate of drug-likeness (QED) is 0.538. The Bertz CT molecular complexity index is 1200. The van der Waals surface area contributed by atoms with Crippen LogP contribution >= 0.6 is 11.6 Å². The fourth-order valence-electron chi connectivity index (χ4n) is 3.14. The summed E-state index contributed by atoms with van der Waals surface area (Å²) in [5, 5.41) is 2.26. The van der Waals surface area contributed by atoms with Gasteiger partial charge in [-0.1, -0.05) is 11.6 Å². The number of esters is 1. The van der Waals surface area contributed by atoms with Gasteiger partial charge in [-0.15, -0.1) is 0 Å². The van der Waals surface area contributed by atoms with Crippen molar-refractivity contribution in [2.45, 2.75) is 0 Å². The average molecular weight is 341 g/mol. The highest BCUT2D eigenvalue weighted by Gasteiger charge is 2.16. The Hall–Kier alpha value is -2.79. The number of benzene rings is 2. The standard InChI is InChI=1S/C18H13ClN2O3/c1-21-14-6-3-9(18(23)24-2)7-12(14)15-16(22)11-8-10(19)4-5-13(11)20-17(15)21/h3-8H,1-2H3,(H,20,22). The van der Waals surface area contributed by atoms with Crippen LogP contribution in [0, 0.1) is 0 Å². The number of H-pyrrole nitrogens is 1. The van der Waals surface area contributed by atoms with Gasteiger partial charge >= 0.3 is 5.97 Å². The summed E-state index contributed by atoms with van der Waals surface area (Å²) in [7, 11) is 3.21. The third kappa shape index (κ3) is 1.95. The maximum Gasteiger partial charge on any atom is 0.337 e. The second kappa shape index (κ2) is 5.11. The number of hydrogen-bond donors (Lipinski definition) is 1. The number of carbonyl (C=O) groups excluding carboxylic acids is 1. The zero-order valence-electron chi connectivity index (χ0n) is 13.0. The first-order valence-corrected chi connectivity index (χ1v) is 7.71. The van der Waals surface area contributed by atoms with Crippen molar-refractivity contribution in [1.82, 2.24) is 9.55 Å². The van der Waals surface area contributed by atoms with E-state index in [1.165, 1.54) is 7.11 Å². The van der Waals surface area contributed by atoms with Crippen molar-refractivity contribution in [1.29, 1.82) is 0 Å². The molecule has 2 aromatic heterocycles. The number of aromatic amines is 1. The van der Waals surface area contributed by atoms with Gasteiger partial charge in [0.2, 0.25) is 0 Å². The molecule has 0 aliphatic rings. The van der Waals surface area contributed by atoms with E-state index >= 15 is 0 Å². The Balaban J connectivity index is 2.22. The normalized spacial score (nSPS) is 11.5. The number of carbonyl (C=O) groups is 1. The lowest BCUT2D eigenvalue weighted by molar-refractivity contribution is 0.0601. The second-order valence-electron chi connectivity index (χ2n) is 5.65. The monoisotopic (exact) mass is 340 g/mol. The Morgan fingerprint density at radius 1 is 1.17 bits per heavy atom. The van der Waals surface area contributed by atoms with Gasteiger partial charge in [-0.05, 0) is 36.4 Å². The maximum atomic E-state index is 13.0. The SMILES string of the molecule is COC(=O)c1ccc2c(c1)c1c(=O)c3cc(Cl)ccc3[nH]c1n2C. The molecule has 0 amide bonds. The maximum absolute atomic E-state index is 13.0. The van der Waals surface area contributed by atoms with E-state index in [1.807, 2.05) is 17.7 Å². The molecule has 4 rings (SSSR count). The van der Waals surface area contributed by atoms with E-state index in [0.717, 1.165) is 11.0 Å². The molecule has 0 atom stereocenters. The molecule has 4 aromatic rings. The highest BCUT2D eigenvalue weighted by Crippen LogP contribution is 2.28. The predicted molar refractivity (Wildman–Crippen MR) is 94.9 cm³/mol. The lowest BCUT2D eigenvalue weighted by Gasteiger charge is -2.02. The van der Waals surface area contributed by atoms with Crippen LogP contribution in [-0.2, 0) is 11.8 Å². The van der Waals surface area contributed by atoms with Crippen LogP contribution in [0.3, 0.4) is 0 Å². The molecule has 6 heteroatoms. The number of aryl methyl sites for hydroxylation is 1. The molecular formula is C18H13ClN2O3. The van der Waals surface area contributed by atoms with Gasteiger partial charge in [0.15, 0.2) is 5.43 Å². The van der Waals surface area contributed by atoms with E-state index < -0.39 is 5.97 Å². The minimum atomic E-state index is -0.436. The van der Waals surface area contributed by atoms with Crippen LogP contribution in [0.15, 0.2) is 41.2 Å². The third-order valence-corrected chi connectivity index (χ3v) is 4.56. The Kier molecular flexibility index (Phi) is 3.15. The molecule has 1 N–H and O–H groups in total. The van der Waals surface area contributed by atoms with Crippen molar-refractivity contribution in [2.75, 3.05) is 7.11 Å². The first-order valence-electron chi connectivity index (χ1n) is 7.33. The third-order valence-electron chi connectivity index (χ3n) is 4.33. The molecule has 0 radical (unpaired) electrons. The van der Waals surface area contributed by atoms with Gasteiger partial charge in [-0.25, -0.2) is 4.79 Å². The summed E-state index contributed by atoms with van der Waals surface area (Å²) < 4.78 is 6.68. The topological polar surface area (TPSA) is 64.1 Å². The number of ether oxygens (including phenoxy) is 1. The zero-order valence-corrected chi connectivity index (χ0v) is 13.8. The molecule has 0 saturated carbocycles. The van der Waals surface area contributed by atoms with E-state index in [-0.39, 0.29) is 5.43 Å². The van der Waals surface area contributed by atoms with Gasteiger partial charge in [-0.2, -0.15) is 0 Å². The minimum Gasteiger partial charge on any atom is -0.465 e. The zero-order chi connectivity index (χ0) is 17.0. The molecule has 2 heterocycles. The van der Waals surface area contributed by atoms with E-state index in [2.05, 4.69) is 4.98 Å². The molecule has 5 nitrogen and oxygen atoms in total. The molecule has 0 bridgehead atoms. The molecule has 0 unspecified atom stereocenters. The van der Waals surface area contributed by atoms with Gasteiger partial charge in [0.25, 0.3) is 0 Å². The summed E-state index contributed by atoms with van der Waals surface area (Å²) in [5.41, 5.74) is 2.56. The van der Waals surface area contributed by atoms with Crippen LogP contribution in [-0.4, -0.2) is 22.6 Å². The van der Waals surface area contributed by atoms with Gasteiger partial charge in [-0.3, -0.25) is 4.79 Å². The number of halogens is 1. The van der Waals surface area contributed by atoms with Crippen molar-refractivity contribution in [3.05, 3.63) is 57.2 Å². The lowest BCUT2D eigenvalue weighted by Crippen LogP contribution is -2.04. The van der Waals surface area contributed by atoms with Gasteiger partial charge in [0.05, 0.1) is 29.1 Å². The molecular weight excluding hydrogens is 328 g/mol. The molecule has 0 saturated heterocycles. The molecule has 0 fully saturated rings. The van der Waals surface area contributed by atoms with E-state index in [1.54, 1.807) is 30.3 Å². The number of hydrogen-bond acceptors (Lipinski definition) is 3. The van der Waals surface area contributed by atoms with Crippen LogP contribution in [0.5, 0.6) is 0 Å². The molecule has 2 aromatic carbocycles. The summed E-state index contributed by atoms with van der Waals surface area (Å²) in [5.74, 6) is -0.436. The minimum absolute atomic E-state index is 0.117. The van der Waals surface area contributed by atoms with Crippen LogP contribution in [0.1, 0.15) is 10.4 Å². The van der Waals surface area contributed by atoms with Gasteiger partial charge < -0.3 is 14.3 Å². The van der Waals surface area contributed by atoms with E-state index in [9.17, 15) is 9.59 Å². The summed E-state index contributed by atoms with van der Waals surface area (Å²) in [6, 6.07) is 10.4. The van der Waals surface area contributed by atoms with Crippen molar-refractivity contribution in [2.24, 2.45) is 7.05 Å². The number of methoxy groups -OCH3 is 1. The van der Waals surface area contributed by atoms with Crippen molar-refractivity contribution in [3.63, 3.8) is 0 Å². The fraction of sp³-hybridized carbons (Fsp3) is 0.111. The number of fused-ring (bicyclic) bond motifs is 4. The number of nitrogens with zero attached hydrogens (tertiary/aromatic N) is 1.